The highest BCUT2D eigenvalue weighted by Gasteiger charge is 2.14. The summed E-state index contributed by atoms with van der Waals surface area (Å²) in [6.07, 6.45) is 1.75. The summed E-state index contributed by atoms with van der Waals surface area (Å²) in [4.78, 5) is 0. The number of hydrogen-bond acceptors (Lipinski definition) is 4. The molecule has 0 fully saturated rings. The number of benzene rings is 1. The lowest BCUT2D eigenvalue weighted by Gasteiger charge is -2.18. The number of nitrogens with one attached hydrogen (secondary N) is 1. The Morgan fingerprint density at radius 3 is 2.79 bits per heavy atom. The standard InChI is InChI=1S/C14H16N4O/c1-10(12-7-8-16-18(12)2)17-14-11(9-15)5-4-6-13(14)19-3/h4-8,10,17H,1-3H3. The van der Waals surface area contributed by atoms with E-state index in [2.05, 4.69) is 16.5 Å². The molecule has 2 rings (SSSR count). The first kappa shape index (κ1) is 13.0. The molecule has 0 radical (unpaired) electrons. The summed E-state index contributed by atoms with van der Waals surface area (Å²) in [7, 11) is 3.48. The largest absolute Gasteiger partial charge is 0.495 e. The predicted octanol–water partition coefficient (Wildman–Crippen LogP) is 2.47. The van der Waals surface area contributed by atoms with Gasteiger partial charge in [-0.1, -0.05) is 6.07 Å². The average Bonchev–Trinajstić information content (AvgIpc) is 2.85. The van der Waals surface area contributed by atoms with Crippen molar-refractivity contribution in [2.75, 3.05) is 12.4 Å². The zero-order valence-electron chi connectivity index (χ0n) is 11.2. The molecule has 0 aliphatic heterocycles. The van der Waals surface area contributed by atoms with Gasteiger partial charge in [-0.25, -0.2) is 0 Å². The van der Waals surface area contributed by atoms with Crippen LogP contribution in [0, 0.1) is 11.3 Å². The number of aromatic nitrogens is 2. The van der Waals surface area contributed by atoms with Gasteiger partial charge in [0.25, 0.3) is 0 Å². The van der Waals surface area contributed by atoms with E-state index in [9.17, 15) is 5.26 Å². The maximum absolute atomic E-state index is 9.17. The van der Waals surface area contributed by atoms with Crippen molar-refractivity contribution in [3.63, 3.8) is 0 Å². The summed E-state index contributed by atoms with van der Waals surface area (Å²) in [6.45, 7) is 2.02. The number of anilines is 1. The van der Waals surface area contributed by atoms with Crippen LogP contribution < -0.4 is 10.1 Å². The SMILES string of the molecule is COc1cccc(C#N)c1NC(C)c1ccnn1C. The minimum absolute atomic E-state index is 0.0240. The summed E-state index contributed by atoms with van der Waals surface area (Å²) in [5.41, 5.74) is 2.31. The smallest absolute Gasteiger partial charge is 0.143 e. The molecule has 5 heteroatoms. The Morgan fingerprint density at radius 2 is 2.21 bits per heavy atom. The molecule has 98 valence electrons. The van der Waals surface area contributed by atoms with E-state index in [-0.39, 0.29) is 6.04 Å². The van der Waals surface area contributed by atoms with Crippen LogP contribution in [0.2, 0.25) is 0 Å². The fourth-order valence-corrected chi connectivity index (χ4v) is 2.04. The second-order valence-electron chi connectivity index (χ2n) is 4.24. The van der Waals surface area contributed by atoms with Gasteiger partial charge in [0.1, 0.15) is 11.8 Å². The van der Waals surface area contributed by atoms with Crippen molar-refractivity contribution < 1.29 is 4.74 Å². The predicted molar refractivity (Wildman–Crippen MR) is 73.0 cm³/mol. The van der Waals surface area contributed by atoms with Gasteiger partial charge < -0.3 is 10.1 Å². The van der Waals surface area contributed by atoms with Crippen molar-refractivity contribution in [3.05, 3.63) is 41.7 Å². The van der Waals surface area contributed by atoms with Crippen molar-refractivity contribution in [1.82, 2.24) is 9.78 Å². The number of para-hydroxylation sites is 1. The van der Waals surface area contributed by atoms with Crippen molar-refractivity contribution in [1.29, 1.82) is 5.26 Å². The first-order valence-electron chi connectivity index (χ1n) is 5.99. The number of aryl methyl sites for hydroxylation is 1. The van der Waals surface area contributed by atoms with E-state index in [1.165, 1.54) is 0 Å². The molecular weight excluding hydrogens is 240 g/mol. The zero-order valence-corrected chi connectivity index (χ0v) is 11.2. The molecule has 19 heavy (non-hydrogen) atoms. The third-order valence-corrected chi connectivity index (χ3v) is 3.03. The van der Waals surface area contributed by atoms with E-state index in [1.807, 2.05) is 26.1 Å². The molecule has 1 heterocycles. The third-order valence-electron chi connectivity index (χ3n) is 3.03. The van der Waals surface area contributed by atoms with Gasteiger partial charge in [0.2, 0.25) is 0 Å². The molecule has 0 saturated heterocycles. The first-order valence-corrected chi connectivity index (χ1v) is 5.99. The Hall–Kier alpha value is -2.48. The van der Waals surface area contributed by atoms with Gasteiger partial charge >= 0.3 is 0 Å². The van der Waals surface area contributed by atoms with Crippen LogP contribution in [0.3, 0.4) is 0 Å². The molecular formula is C14H16N4O. The lowest BCUT2D eigenvalue weighted by Crippen LogP contribution is -2.12. The van der Waals surface area contributed by atoms with Crippen molar-refractivity contribution in [2.45, 2.75) is 13.0 Å². The lowest BCUT2D eigenvalue weighted by molar-refractivity contribution is 0.416. The van der Waals surface area contributed by atoms with Crippen molar-refractivity contribution >= 4 is 5.69 Å². The second-order valence-corrected chi connectivity index (χ2v) is 4.24. The molecule has 5 nitrogen and oxygen atoms in total. The highest BCUT2D eigenvalue weighted by atomic mass is 16.5. The quantitative estimate of drug-likeness (QED) is 0.912. The molecule has 0 bridgehead atoms. The van der Waals surface area contributed by atoms with Gasteiger partial charge in [-0.2, -0.15) is 10.4 Å². The van der Waals surface area contributed by atoms with E-state index in [0.717, 1.165) is 5.69 Å². The fourth-order valence-electron chi connectivity index (χ4n) is 2.04. The Kier molecular flexibility index (Phi) is 3.71. The lowest BCUT2D eigenvalue weighted by atomic mass is 10.1. The first-order chi connectivity index (χ1) is 9.17. The van der Waals surface area contributed by atoms with Crippen LogP contribution in [-0.2, 0) is 7.05 Å². The second kappa shape index (κ2) is 5.44. The van der Waals surface area contributed by atoms with Gasteiger partial charge in [0, 0.05) is 13.2 Å². The van der Waals surface area contributed by atoms with Gasteiger partial charge in [-0.3, -0.25) is 4.68 Å². The highest BCUT2D eigenvalue weighted by molar-refractivity contribution is 5.66. The number of ether oxygens (including phenoxy) is 1. The fraction of sp³-hybridized carbons (Fsp3) is 0.286. The highest BCUT2D eigenvalue weighted by Crippen LogP contribution is 2.31. The molecule has 0 aliphatic rings. The van der Waals surface area contributed by atoms with E-state index in [4.69, 9.17) is 4.74 Å². The number of rotatable bonds is 4. The van der Waals surface area contributed by atoms with Gasteiger partial charge in [-0.15, -0.1) is 0 Å². The topological polar surface area (TPSA) is 62.9 Å². The molecule has 0 saturated carbocycles. The Labute approximate surface area is 112 Å². The van der Waals surface area contributed by atoms with E-state index < -0.39 is 0 Å². The number of nitrogens with zero attached hydrogens (tertiary/aromatic N) is 3. The van der Waals surface area contributed by atoms with Crippen molar-refractivity contribution in [2.24, 2.45) is 7.05 Å². The van der Waals surface area contributed by atoms with Crippen LogP contribution in [-0.4, -0.2) is 16.9 Å². The molecule has 1 aromatic carbocycles. The summed E-state index contributed by atoms with van der Waals surface area (Å²) >= 11 is 0. The number of methoxy groups -OCH3 is 1. The van der Waals surface area contributed by atoms with Crippen LogP contribution in [0.1, 0.15) is 24.2 Å². The van der Waals surface area contributed by atoms with Crippen molar-refractivity contribution in [3.8, 4) is 11.8 Å². The summed E-state index contributed by atoms with van der Waals surface area (Å²) < 4.78 is 7.10. The monoisotopic (exact) mass is 256 g/mol. The van der Waals surface area contributed by atoms with Crippen LogP contribution in [0.15, 0.2) is 30.5 Å². The Morgan fingerprint density at radius 1 is 1.42 bits per heavy atom. The maximum Gasteiger partial charge on any atom is 0.143 e. The number of nitriles is 1. The minimum atomic E-state index is 0.0240. The maximum atomic E-state index is 9.17. The van der Waals surface area contributed by atoms with Crippen LogP contribution in [0.5, 0.6) is 5.75 Å². The average molecular weight is 256 g/mol. The molecule has 1 unspecified atom stereocenters. The molecule has 1 aromatic heterocycles. The molecule has 0 spiro atoms. The van der Waals surface area contributed by atoms with E-state index in [0.29, 0.717) is 17.0 Å². The van der Waals surface area contributed by atoms with E-state index >= 15 is 0 Å². The summed E-state index contributed by atoms with van der Waals surface area (Å²) in [5, 5.41) is 16.6. The molecule has 1 atom stereocenters. The van der Waals surface area contributed by atoms with Gasteiger partial charge in [-0.05, 0) is 25.1 Å². The molecule has 0 amide bonds. The summed E-state index contributed by atoms with van der Waals surface area (Å²) in [5.74, 6) is 0.660. The minimum Gasteiger partial charge on any atom is -0.495 e. The third kappa shape index (κ3) is 2.52. The zero-order chi connectivity index (χ0) is 13.8. The normalized spacial score (nSPS) is 11.7. The molecule has 2 aromatic rings. The summed E-state index contributed by atoms with van der Waals surface area (Å²) in [6, 6.07) is 9.54. The van der Waals surface area contributed by atoms with Gasteiger partial charge in [0.15, 0.2) is 0 Å². The Balaban J connectivity index is 2.33. The van der Waals surface area contributed by atoms with E-state index in [1.54, 1.807) is 30.1 Å². The number of hydrogen-bond donors (Lipinski definition) is 1. The Bertz CT molecular complexity index is 612. The van der Waals surface area contributed by atoms with Crippen LogP contribution in [0.4, 0.5) is 5.69 Å². The molecule has 1 N–H and O–H groups in total. The van der Waals surface area contributed by atoms with Crippen LogP contribution >= 0.6 is 0 Å². The van der Waals surface area contributed by atoms with Gasteiger partial charge in [0.05, 0.1) is 30.1 Å². The van der Waals surface area contributed by atoms with Crippen LogP contribution in [0.25, 0.3) is 0 Å². The molecule has 0 aliphatic carbocycles.